The molecular weight excluding hydrogens is 286 g/mol. The molecule has 21 heavy (non-hydrogen) atoms. The molecule has 1 aliphatic rings. The minimum absolute atomic E-state index is 0.119. The van der Waals surface area contributed by atoms with Crippen molar-refractivity contribution in [3.05, 3.63) is 41.4 Å². The summed E-state index contributed by atoms with van der Waals surface area (Å²) in [5.41, 5.74) is 2.25. The highest BCUT2D eigenvalue weighted by molar-refractivity contribution is 6.32. The van der Waals surface area contributed by atoms with Gasteiger partial charge in [-0.05, 0) is 38.1 Å². The third-order valence-electron chi connectivity index (χ3n) is 4.38. The number of methoxy groups -OCH3 is 1. The van der Waals surface area contributed by atoms with Crippen LogP contribution in [0.2, 0.25) is 5.02 Å². The number of benzene rings is 1. The highest BCUT2D eigenvalue weighted by atomic mass is 35.5. The van der Waals surface area contributed by atoms with E-state index in [4.69, 9.17) is 16.3 Å². The van der Waals surface area contributed by atoms with Crippen LogP contribution in [0, 0.1) is 0 Å². The van der Waals surface area contributed by atoms with Crippen molar-refractivity contribution >= 4 is 11.6 Å². The first kappa shape index (κ1) is 14.4. The van der Waals surface area contributed by atoms with E-state index < -0.39 is 0 Å². The molecule has 1 aliphatic heterocycles. The maximum absolute atomic E-state index is 6.38. The van der Waals surface area contributed by atoms with Crippen LogP contribution in [-0.4, -0.2) is 29.8 Å². The summed E-state index contributed by atoms with van der Waals surface area (Å²) >= 11 is 6.38. The predicted molar refractivity (Wildman–Crippen MR) is 84.6 cm³/mol. The number of hydrogen-bond donors (Lipinski definition) is 1. The fourth-order valence-corrected chi connectivity index (χ4v) is 3.18. The molecule has 0 amide bonds. The molecule has 0 atom stereocenters. The summed E-state index contributed by atoms with van der Waals surface area (Å²) in [6.45, 7) is 4.37. The number of aromatic nitrogens is 2. The van der Waals surface area contributed by atoms with E-state index in [2.05, 4.69) is 21.8 Å². The van der Waals surface area contributed by atoms with Gasteiger partial charge in [-0.25, -0.2) is 4.98 Å². The molecule has 5 heteroatoms. The maximum atomic E-state index is 6.38. The summed E-state index contributed by atoms with van der Waals surface area (Å²) in [5, 5.41) is 4.12. The molecule has 0 unspecified atom stereocenters. The Labute approximate surface area is 130 Å². The summed E-state index contributed by atoms with van der Waals surface area (Å²) in [6, 6.07) is 5.69. The molecule has 1 aromatic carbocycles. The topological polar surface area (TPSA) is 39.1 Å². The van der Waals surface area contributed by atoms with Crippen molar-refractivity contribution in [1.29, 1.82) is 0 Å². The summed E-state index contributed by atoms with van der Waals surface area (Å²) < 4.78 is 7.41. The molecule has 1 aromatic heterocycles. The van der Waals surface area contributed by atoms with Crippen LogP contribution in [-0.2, 0) is 5.41 Å². The first-order chi connectivity index (χ1) is 10.1. The first-order valence-electron chi connectivity index (χ1n) is 7.21. The van der Waals surface area contributed by atoms with Crippen molar-refractivity contribution in [1.82, 2.24) is 14.9 Å². The Morgan fingerprint density at radius 1 is 1.33 bits per heavy atom. The lowest BCUT2D eigenvalue weighted by Crippen LogP contribution is -2.38. The van der Waals surface area contributed by atoms with Crippen molar-refractivity contribution in [2.24, 2.45) is 0 Å². The Kier molecular flexibility index (Phi) is 3.91. The molecule has 3 rings (SSSR count). The zero-order chi connectivity index (χ0) is 14.9. The van der Waals surface area contributed by atoms with E-state index >= 15 is 0 Å². The van der Waals surface area contributed by atoms with Gasteiger partial charge in [0.25, 0.3) is 0 Å². The van der Waals surface area contributed by atoms with Crippen LogP contribution in [0.3, 0.4) is 0 Å². The minimum Gasteiger partial charge on any atom is -0.497 e. The van der Waals surface area contributed by atoms with E-state index in [1.807, 2.05) is 30.7 Å². The lowest BCUT2D eigenvalue weighted by Gasteiger charge is -2.34. The predicted octanol–water partition coefficient (Wildman–Crippen LogP) is 3.18. The Morgan fingerprint density at radius 2 is 2.10 bits per heavy atom. The zero-order valence-corrected chi connectivity index (χ0v) is 13.2. The number of nitrogens with one attached hydrogen (secondary N) is 1. The van der Waals surface area contributed by atoms with Gasteiger partial charge in [0.15, 0.2) is 0 Å². The Hall–Kier alpha value is -1.52. The number of imidazole rings is 1. The first-order valence-corrected chi connectivity index (χ1v) is 7.59. The van der Waals surface area contributed by atoms with Gasteiger partial charge in [0, 0.05) is 23.4 Å². The number of piperidine rings is 1. The Morgan fingerprint density at radius 3 is 2.81 bits per heavy atom. The molecule has 1 fully saturated rings. The lowest BCUT2D eigenvalue weighted by atomic mass is 9.78. The highest BCUT2D eigenvalue weighted by Crippen LogP contribution is 2.36. The van der Waals surface area contributed by atoms with Crippen LogP contribution in [0.5, 0.6) is 5.75 Å². The molecule has 0 radical (unpaired) electrons. The highest BCUT2D eigenvalue weighted by Gasteiger charge is 2.32. The lowest BCUT2D eigenvalue weighted by molar-refractivity contribution is 0.324. The van der Waals surface area contributed by atoms with Gasteiger partial charge in [0.1, 0.15) is 5.75 Å². The van der Waals surface area contributed by atoms with E-state index in [0.717, 1.165) is 37.4 Å². The van der Waals surface area contributed by atoms with E-state index in [1.165, 1.54) is 5.69 Å². The van der Waals surface area contributed by atoms with Crippen molar-refractivity contribution in [3.8, 4) is 11.4 Å². The number of ether oxygens (including phenoxy) is 1. The van der Waals surface area contributed by atoms with Crippen LogP contribution >= 0.6 is 11.6 Å². The van der Waals surface area contributed by atoms with Gasteiger partial charge >= 0.3 is 0 Å². The van der Waals surface area contributed by atoms with Gasteiger partial charge in [-0.2, -0.15) is 0 Å². The zero-order valence-electron chi connectivity index (χ0n) is 12.4. The molecule has 2 heterocycles. The molecule has 112 valence electrons. The minimum atomic E-state index is 0.119. The average molecular weight is 306 g/mol. The second-order valence-electron chi connectivity index (χ2n) is 5.78. The monoisotopic (exact) mass is 305 g/mol. The van der Waals surface area contributed by atoms with Crippen LogP contribution < -0.4 is 10.1 Å². The van der Waals surface area contributed by atoms with E-state index in [1.54, 1.807) is 7.11 Å². The fourth-order valence-electron chi connectivity index (χ4n) is 2.97. The molecular formula is C16H20ClN3O. The smallest absolute Gasteiger partial charge is 0.121 e. The third-order valence-corrected chi connectivity index (χ3v) is 4.70. The van der Waals surface area contributed by atoms with E-state index in [-0.39, 0.29) is 5.41 Å². The van der Waals surface area contributed by atoms with E-state index in [9.17, 15) is 0 Å². The molecule has 0 bridgehead atoms. The average Bonchev–Trinajstić information content (AvgIpc) is 2.99. The molecule has 0 spiro atoms. The van der Waals surface area contributed by atoms with Crippen molar-refractivity contribution < 1.29 is 4.74 Å². The van der Waals surface area contributed by atoms with Crippen LogP contribution in [0.1, 0.15) is 25.5 Å². The van der Waals surface area contributed by atoms with Crippen LogP contribution in [0.4, 0.5) is 0 Å². The van der Waals surface area contributed by atoms with Gasteiger partial charge in [-0.3, -0.25) is 0 Å². The third kappa shape index (κ3) is 2.65. The number of rotatable bonds is 3. The second kappa shape index (κ2) is 5.70. The standard InChI is InChI=1S/C16H20ClN3O/c1-16(5-7-18-8-6-16)15-10-19-11-20(15)14-9-12(21-2)3-4-13(14)17/h3-4,9-11,18H,5-8H2,1-2H3. The summed E-state index contributed by atoms with van der Waals surface area (Å²) in [5.74, 6) is 0.796. The van der Waals surface area contributed by atoms with Gasteiger partial charge < -0.3 is 14.6 Å². The largest absolute Gasteiger partial charge is 0.497 e. The summed E-state index contributed by atoms with van der Waals surface area (Å²) in [6.07, 6.45) is 5.99. The van der Waals surface area contributed by atoms with Crippen molar-refractivity contribution in [2.45, 2.75) is 25.2 Å². The van der Waals surface area contributed by atoms with Crippen molar-refractivity contribution in [2.75, 3.05) is 20.2 Å². The maximum Gasteiger partial charge on any atom is 0.121 e. The second-order valence-corrected chi connectivity index (χ2v) is 6.18. The summed E-state index contributed by atoms with van der Waals surface area (Å²) in [4.78, 5) is 4.36. The Balaban J connectivity index is 2.06. The van der Waals surface area contributed by atoms with Crippen LogP contribution in [0.15, 0.2) is 30.7 Å². The van der Waals surface area contributed by atoms with E-state index in [0.29, 0.717) is 5.02 Å². The SMILES string of the molecule is COc1ccc(Cl)c(-n2cncc2C2(C)CCNCC2)c1. The molecule has 2 aromatic rings. The van der Waals surface area contributed by atoms with Gasteiger partial charge in [0.2, 0.25) is 0 Å². The van der Waals surface area contributed by atoms with Crippen molar-refractivity contribution in [3.63, 3.8) is 0 Å². The molecule has 1 saturated heterocycles. The van der Waals surface area contributed by atoms with Gasteiger partial charge in [0.05, 0.1) is 24.1 Å². The van der Waals surface area contributed by atoms with Gasteiger partial charge in [-0.15, -0.1) is 0 Å². The quantitative estimate of drug-likeness (QED) is 0.946. The fraction of sp³-hybridized carbons (Fsp3) is 0.438. The molecule has 0 saturated carbocycles. The van der Waals surface area contributed by atoms with Crippen LogP contribution in [0.25, 0.3) is 5.69 Å². The molecule has 1 N–H and O–H groups in total. The Bertz CT molecular complexity index is 632. The molecule has 4 nitrogen and oxygen atoms in total. The van der Waals surface area contributed by atoms with Gasteiger partial charge in [-0.1, -0.05) is 18.5 Å². The molecule has 0 aliphatic carbocycles. The number of halogens is 1. The number of hydrogen-bond acceptors (Lipinski definition) is 3. The summed E-state index contributed by atoms with van der Waals surface area (Å²) in [7, 11) is 1.66. The number of nitrogens with zero attached hydrogens (tertiary/aromatic N) is 2. The normalized spacial score (nSPS) is 17.7.